The Morgan fingerprint density at radius 2 is 1.59 bits per heavy atom. The fraction of sp³-hybridized carbons (Fsp3) is 0.267. The molecular formula is C30H30ClNO5. The lowest BCUT2D eigenvalue weighted by atomic mass is 9.93. The van der Waals surface area contributed by atoms with Gasteiger partial charge < -0.3 is 14.6 Å². The number of carbonyl (C=O) groups excluding carboxylic acids is 2. The van der Waals surface area contributed by atoms with Crippen molar-refractivity contribution in [3.63, 3.8) is 0 Å². The molecule has 37 heavy (non-hydrogen) atoms. The van der Waals surface area contributed by atoms with Crippen molar-refractivity contribution in [3.8, 4) is 11.5 Å². The van der Waals surface area contributed by atoms with Crippen LogP contribution in [0.5, 0.6) is 11.5 Å². The van der Waals surface area contributed by atoms with Gasteiger partial charge in [-0.25, -0.2) is 0 Å². The molecule has 3 aromatic rings. The SMILES string of the molecule is CCOc1ccc(N2C(=O)C(=O)/C(=C(\O)c3ccc(Cl)c(OCC)c3)C2c2ccc(C(C)C)cc2)cc1. The largest absolute Gasteiger partial charge is 0.507 e. The van der Waals surface area contributed by atoms with Crippen molar-refractivity contribution in [3.05, 3.63) is 94.0 Å². The minimum absolute atomic E-state index is 0.000882. The van der Waals surface area contributed by atoms with Gasteiger partial charge in [0, 0.05) is 11.3 Å². The first-order valence-corrected chi connectivity index (χ1v) is 12.7. The second kappa shape index (κ2) is 11.1. The third-order valence-corrected chi connectivity index (χ3v) is 6.61. The number of nitrogens with zero attached hydrogens (tertiary/aromatic N) is 1. The number of hydrogen-bond donors (Lipinski definition) is 1. The molecule has 3 aromatic carbocycles. The molecule has 0 radical (unpaired) electrons. The number of Topliss-reactive ketones (excluding diaryl/α,β-unsaturated/α-hetero) is 1. The number of benzene rings is 3. The number of ether oxygens (including phenoxy) is 2. The van der Waals surface area contributed by atoms with Crippen molar-refractivity contribution in [2.75, 3.05) is 18.1 Å². The monoisotopic (exact) mass is 519 g/mol. The number of halogens is 1. The first kappa shape index (κ1) is 26.3. The van der Waals surface area contributed by atoms with Crippen LogP contribution in [0.1, 0.15) is 56.3 Å². The summed E-state index contributed by atoms with van der Waals surface area (Å²) in [6.07, 6.45) is 0. The molecule has 1 aliphatic heterocycles. The molecule has 0 aliphatic carbocycles. The van der Waals surface area contributed by atoms with E-state index in [1.165, 1.54) is 4.90 Å². The van der Waals surface area contributed by atoms with Crippen LogP contribution in [0.2, 0.25) is 5.02 Å². The van der Waals surface area contributed by atoms with E-state index < -0.39 is 17.7 Å². The van der Waals surface area contributed by atoms with Crippen molar-refractivity contribution in [1.82, 2.24) is 0 Å². The van der Waals surface area contributed by atoms with Gasteiger partial charge in [0.15, 0.2) is 0 Å². The van der Waals surface area contributed by atoms with E-state index in [1.54, 1.807) is 42.5 Å². The van der Waals surface area contributed by atoms with Crippen LogP contribution in [0, 0.1) is 0 Å². The Morgan fingerprint density at radius 3 is 2.19 bits per heavy atom. The van der Waals surface area contributed by atoms with Gasteiger partial charge in [0.2, 0.25) is 0 Å². The van der Waals surface area contributed by atoms with Crippen LogP contribution in [0.15, 0.2) is 72.3 Å². The summed E-state index contributed by atoms with van der Waals surface area (Å²) >= 11 is 6.23. The van der Waals surface area contributed by atoms with Crippen LogP contribution >= 0.6 is 11.6 Å². The number of rotatable bonds is 8. The molecule has 0 saturated carbocycles. The van der Waals surface area contributed by atoms with E-state index >= 15 is 0 Å². The molecule has 1 N–H and O–H groups in total. The molecule has 1 atom stereocenters. The Balaban J connectivity index is 1.89. The zero-order valence-electron chi connectivity index (χ0n) is 21.3. The second-order valence-corrected chi connectivity index (χ2v) is 9.40. The highest BCUT2D eigenvalue weighted by Crippen LogP contribution is 2.43. The molecule has 0 aromatic heterocycles. The number of aliphatic hydroxyl groups is 1. The van der Waals surface area contributed by atoms with Crippen molar-refractivity contribution in [2.45, 2.75) is 39.7 Å². The Kier molecular flexibility index (Phi) is 7.89. The lowest BCUT2D eigenvalue weighted by Gasteiger charge is -2.26. The molecule has 1 aliphatic rings. The van der Waals surface area contributed by atoms with Gasteiger partial charge in [0.25, 0.3) is 11.7 Å². The van der Waals surface area contributed by atoms with Crippen LogP contribution in [0.3, 0.4) is 0 Å². The van der Waals surface area contributed by atoms with E-state index in [0.717, 1.165) is 5.56 Å². The number of anilines is 1. The smallest absolute Gasteiger partial charge is 0.300 e. The molecule has 1 heterocycles. The number of carbonyl (C=O) groups is 2. The Labute approximate surface area is 222 Å². The quantitative estimate of drug-likeness (QED) is 0.199. The van der Waals surface area contributed by atoms with Gasteiger partial charge in [0.05, 0.1) is 29.9 Å². The van der Waals surface area contributed by atoms with Gasteiger partial charge >= 0.3 is 0 Å². The Hall–Kier alpha value is -3.77. The zero-order valence-corrected chi connectivity index (χ0v) is 22.1. The van der Waals surface area contributed by atoms with Crippen molar-refractivity contribution >= 4 is 34.7 Å². The average molecular weight is 520 g/mol. The van der Waals surface area contributed by atoms with E-state index in [0.29, 0.717) is 52.5 Å². The topological polar surface area (TPSA) is 76.1 Å². The minimum Gasteiger partial charge on any atom is -0.507 e. The summed E-state index contributed by atoms with van der Waals surface area (Å²) in [5.41, 5.74) is 2.69. The van der Waals surface area contributed by atoms with E-state index in [-0.39, 0.29) is 11.3 Å². The molecule has 7 heteroatoms. The first-order chi connectivity index (χ1) is 17.8. The summed E-state index contributed by atoms with van der Waals surface area (Å²) in [7, 11) is 0. The first-order valence-electron chi connectivity index (χ1n) is 12.3. The predicted octanol–water partition coefficient (Wildman–Crippen LogP) is 6.89. The molecule has 1 unspecified atom stereocenters. The molecule has 1 saturated heterocycles. The lowest BCUT2D eigenvalue weighted by molar-refractivity contribution is -0.132. The lowest BCUT2D eigenvalue weighted by Crippen LogP contribution is -2.29. The van der Waals surface area contributed by atoms with Crippen LogP contribution in [-0.4, -0.2) is 30.0 Å². The van der Waals surface area contributed by atoms with Crippen molar-refractivity contribution in [2.24, 2.45) is 0 Å². The van der Waals surface area contributed by atoms with E-state index in [2.05, 4.69) is 13.8 Å². The van der Waals surface area contributed by atoms with Gasteiger partial charge in [0.1, 0.15) is 17.3 Å². The molecular weight excluding hydrogens is 490 g/mol. The average Bonchev–Trinajstić information content (AvgIpc) is 3.16. The summed E-state index contributed by atoms with van der Waals surface area (Å²) in [6, 6.07) is 18.7. The Morgan fingerprint density at radius 1 is 0.946 bits per heavy atom. The summed E-state index contributed by atoms with van der Waals surface area (Å²) in [5.74, 6) is -0.420. The van der Waals surface area contributed by atoms with Gasteiger partial charge in [-0.15, -0.1) is 0 Å². The zero-order chi connectivity index (χ0) is 26.7. The van der Waals surface area contributed by atoms with Gasteiger partial charge in [-0.3, -0.25) is 14.5 Å². The summed E-state index contributed by atoms with van der Waals surface area (Å²) in [5, 5.41) is 11.8. The molecule has 0 bridgehead atoms. The fourth-order valence-electron chi connectivity index (χ4n) is 4.42. The number of amides is 1. The minimum atomic E-state index is -0.828. The molecule has 6 nitrogen and oxygen atoms in total. The van der Waals surface area contributed by atoms with Gasteiger partial charge in [-0.2, -0.15) is 0 Å². The molecule has 1 fully saturated rings. The van der Waals surface area contributed by atoms with E-state index in [9.17, 15) is 14.7 Å². The van der Waals surface area contributed by atoms with Crippen molar-refractivity contribution < 1.29 is 24.2 Å². The summed E-state index contributed by atoms with van der Waals surface area (Å²) in [6.45, 7) is 8.80. The molecule has 192 valence electrons. The summed E-state index contributed by atoms with van der Waals surface area (Å²) in [4.78, 5) is 28.2. The van der Waals surface area contributed by atoms with Crippen LogP contribution < -0.4 is 14.4 Å². The fourth-order valence-corrected chi connectivity index (χ4v) is 4.59. The number of ketones is 1. The highest BCUT2D eigenvalue weighted by Gasteiger charge is 2.47. The predicted molar refractivity (Wildman–Crippen MR) is 146 cm³/mol. The highest BCUT2D eigenvalue weighted by atomic mass is 35.5. The van der Waals surface area contributed by atoms with E-state index in [1.807, 2.05) is 38.1 Å². The highest BCUT2D eigenvalue weighted by molar-refractivity contribution is 6.51. The molecule has 4 rings (SSSR count). The summed E-state index contributed by atoms with van der Waals surface area (Å²) < 4.78 is 11.1. The number of hydrogen-bond acceptors (Lipinski definition) is 5. The second-order valence-electron chi connectivity index (χ2n) is 9.00. The third-order valence-electron chi connectivity index (χ3n) is 6.29. The molecule has 1 amide bonds. The third kappa shape index (κ3) is 5.20. The van der Waals surface area contributed by atoms with E-state index in [4.69, 9.17) is 21.1 Å². The maximum Gasteiger partial charge on any atom is 0.300 e. The van der Waals surface area contributed by atoms with Crippen LogP contribution in [0.25, 0.3) is 5.76 Å². The Bertz CT molecular complexity index is 1330. The van der Waals surface area contributed by atoms with Crippen molar-refractivity contribution in [1.29, 1.82) is 0 Å². The maximum absolute atomic E-state index is 13.4. The standard InChI is InChI=1S/C30H30ClNO5/c1-5-36-23-14-12-22(13-15-23)32-27(20-9-7-19(8-10-20)18(3)4)26(29(34)30(32)35)28(33)21-11-16-24(31)25(17-21)37-6-2/h7-18,27,33H,5-6H2,1-4H3/b28-26-. The van der Waals surface area contributed by atoms with Gasteiger partial charge in [-0.1, -0.05) is 49.7 Å². The number of aliphatic hydroxyl groups excluding tert-OH is 1. The normalized spacial score (nSPS) is 16.9. The maximum atomic E-state index is 13.4. The van der Waals surface area contributed by atoms with Crippen LogP contribution in [-0.2, 0) is 9.59 Å². The van der Waals surface area contributed by atoms with Gasteiger partial charge in [-0.05, 0) is 73.4 Å². The molecule has 0 spiro atoms. The van der Waals surface area contributed by atoms with Crippen LogP contribution in [0.4, 0.5) is 5.69 Å².